The number of hydrogen-bond donors (Lipinski definition) is 1. The smallest absolute Gasteiger partial charge is 0.125 e. The molecule has 2 rings (SSSR count). The largest absolute Gasteiger partial charge is 0.337 e. The molecule has 0 spiro atoms. The maximum absolute atomic E-state index is 5.80. The lowest BCUT2D eigenvalue weighted by molar-refractivity contribution is 0.955. The molecule has 0 saturated heterocycles. The summed E-state index contributed by atoms with van der Waals surface area (Å²) in [5.74, 6) is 6.61. The van der Waals surface area contributed by atoms with E-state index in [2.05, 4.69) is 9.97 Å². The molecular formula is C9H12N4. The third-order valence-electron chi connectivity index (χ3n) is 2.16. The number of nitrogen functional groups attached to an aromatic ring is 1. The fourth-order valence-electron chi connectivity index (χ4n) is 1.51. The van der Waals surface area contributed by atoms with Gasteiger partial charge in [-0.1, -0.05) is 0 Å². The first-order valence-corrected chi connectivity index (χ1v) is 4.18. The molecule has 2 heterocycles. The van der Waals surface area contributed by atoms with E-state index in [0.717, 1.165) is 28.2 Å². The van der Waals surface area contributed by atoms with E-state index in [9.17, 15) is 0 Å². The van der Waals surface area contributed by atoms with Crippen molar-refractivity contribution in [3.05, 3.63) is 23.3 Å². The molecule has 2 aromatic heterocycles. The number of aromatic nitrogens is 3. The second-order valence-corrected chi connectivity index (χ2v) is 3.25. The molecule has 0 bridgehead atoms. The Morgan fingerprint density at radius 1 is 1.23 bits per heavy atom. The predicted octanol–water partition coefficient (Wildman–Crippen LogP) is 1.07. The zero-order chi connectivity index (χ0) is 9.59. The molecule has 0 aliphatic carbocycles. The number of aryl methyl sites for hydroxylation is 3. The van der Waals surface area contributed by atoms with Gasteiger partial charge in [-0.15, -0.1) is 0 Å². The molecular weight excluding hydrogens is 164 g/mol. The number of rotatable bonds is 0. The van der Waals surface area contributed by atoms with Crippen molar-refractivity contribution in [1.82, 2.24) is 14.6 Å². The molecule has 0 amide bonds. The van der Waals surface area contributed by atoms with E-state index in [1.807, 2.05) is 26.8 Å². The maximum atomic E-state index is 5.80. The summed E-state index contributed by atoms with van der Waals surface area (Å²) in [4.78, 5) is 8.65. The summed E-state index contributed by atoms with van der Waals surface area (Å²) in [6.45, 7) is 5.78. The lowest BCUT2D eigenvalue weighted by Crippen LogP contribution is -2.09. The molecule has 0 unspecified atom stereocenters. The van der Waals surface area contributed by atoms with Gasteiger partial charge in [0.2, 0.25) is 0 Å². The molecule has 4 heteroatoms. The van der Waals surface area contributed by atoms with Crippen LogP contribution in [0.1, 0.15) is 17.2 Å². The van der Waals surface area contributed by atoms with Crippen molar-refractivity contribution in [3.8, 4) is 0 Å². The zero-order valence-electron chi connectivity index (χ0n) is 8.00. The minimum Gasteiger partial charge on any atom is -0.337 e. The van der Waals surface area contributed by atoms with Crippen LogP contribution in [-0.2, 0) is 0 Å². The number of fused-ring (bicyclic) bond motifs is 1. The van der Waals surface area contributed by atoms with Gasteiger partial charge in [-0.2, -0.15) is 0 Å². The van der Waals surface area contributed by atoms with Gasteiger partial charge in [0.05, 0.1) is 11.2 Å². The number of hydrogen-bond acceptors (Lipinski definition) is 3. The summed E-state index contributed by atoms with van der Waals surface area (Å²) in [5, 5.41) is 0. The van der Waals surface area contributed by atoms with Gasteiger partial charge in [-0.25, -0.2) is 9.66 Å². The fraction of sp³-hybridized carbons (Fsp3) is 0.333. The van der Waals surface area contributed by atoms with E-state index >= 15 is 0 Å². The maximum Gasteiger partial charge on any atom is 0.125 e. The summed E-state index contributed by atoms with van der Waals surface area (Å²) in [5.41, 5.74) is 3.74. The SMILES string of the molecule is Cc1cc2c(nc(C)n2N)c(C)n1. The number of nitrogens with zero attached hydrogens (tertiary/aromatic N) is 3. The van der Waals surface area contributed by atoms with Crippen LogP contribution in [0.2, 0.25) is 0 Å². The van der Waals surface area contributed by atoms with Crippen LogP contribution in [0.4, 0.5) is 0 Å². The van der Waals surface area contributed by atoms with Gasteiger partial charge < -0.3 is 5.84 Å². The van der Waals surface area contributed by atoms with Crippen LogP contribution in [0.5, 0.6) is 0 Å². The van der Waals surface area contributed by atoms with Gasteiger partial charge >= 0.3 is 0 Å². The van der Waals surface area contributed by atoms with Gasteiger partial charge in [-0.05, 0) is 26.8 Å². The Labute approximate surface area is 76.4 Å². The van der Waals surface area contributed by atoms with Crippen molar-refractivity contribution < 1.29 is 0 Å². The molecule has 0 saturated carbocycles. The Hall–Kier alpha value is -1.58. The van der Waals surface area contributed by atoms with Gasteiger partial charge in [0.1, 0.15) is 11.3 Å². The van der Waals surface area contributed by atoms with Crippen LogP contribution in [0, 0.1) is 20.8 Å². The van der Waals surface area contributed by atoms with E-state index in [-0.39, 0.29) is 0 Å². The third-order valence-corrected chi connectivity index (χ3v) is 2.16. The van der Waals surface area contributed by atoms with Crippen molar-refractivity contribution in [3.63, 3.8) is 0 Å². The molecule has 68 valence electrons. The summed E-state index contributed by atoms with van der Waals surface area (Å²) in [7, 11) is 0. The molecule has 0 fully saturated rings. The average molecular weight is 176 g/mol. The van der Waals surface area contributed by atoms with Crippen LogP contribution in [0.15, 0.2) is 6.07 Å². The Balaban J connectivity index is 2.94. The highest BCUT2D eigenvalue weighted by Crippen LogP contribution is 2.16. The zero-order valence-corrected chi connectivity index (χ0v) is 8.00. The van der Waals surface area contributed by atoms with Crippen LogP contribution in [0.25, 0.3) is 11.0 Å². The van der Waals surface area contributed by atoms with Crippen molar-refractivity contribution in [2.45, 2.75) is 20.8 Å². The highest BCUT2D eigenvalue weighted by atomic mass is 15.3. The summed E-state index contributed by atoms with van der Waals surface area (Å²) < 4.78 is 1.59. The lowest BCUT2D eigenvalue weighted by atomic mass is 10.3. The first-order valence-electron chi connectivity index (χ1n) is 4.18. The fourth-order valence-corrected chi connectivity index (χ4v) is 1.51. The standard InChI is InChI=1S/C9H12N4/c1-5-4-8-9(6(2)11-5)12-7(3)13(8)10/h4H,10H2,1-3H3. The summed E-state index contributed by atoms with van der Waals surface area (Å²) >= 11 is 0. The lowest BCUT2D eigenvalue weighted by Gasteiger charge is -1.99. The number of pyridine rings is 1. The van der Waals surface area contributed by atoms with Gasteiger partial charge in [0, 0.05) is 5.69 Å². The Kier molecular flexibility index (Phi) is 1.52. The second kappa shape index (κ2) is 2.45. The van der Waals surface area contributed by atoms with E-state index in [4.69, 9.17) is 5.84 Å². The molecule has 0 aliphatic rings. The Bertz CT molecular complexity index is 470. The van der Waals surface area contributed by atoms with E-state index in [1.54, 1.807) is 4.68 Å². The normalized spacial score (nSPS) is 11.0. The van der Waals surface area contributed by atoms with E-state index < -0.39 is 0 Å². The van der Waals surface area contributed by atoms with E-state index in [0.29, 0.717) is 0 Å². The molecule has 0 atom stereocenters. The molecule has 0 aliphatic heterocycles. The van der Waals surface area contributed by atoms with Crippen molar-refractivity contribution >= 4 is 11.0 Å². The van der Waals surface area contributed by atoms with Gasteiger partial charge in [0.25, 0.3) is 0 Å². The van der Waals surface area contributed by atoms with Gasteiger partial charge in [-0.3, -0.25) is 4.98 Å². The second-order valence-electron chi connectivity index (χ2n) is 3.25. The molecule has 2 aromatic rings. The number of imidazole rings is 1. The molecule has 0 radical (unpaired) electrons. The van der Waals surface area contributed by atoms with Crippen LogP contribution < -0.4 is 5.84 Å². The minimum atomic E-state index is 0.811. The van der Waals surface area contributed by atoms with Crippen LogP contribution in [0.3, 0.4) is 0 Å². The average Bonchev–Trinajstić information content (AvgIpc) is 2.32. The quantitative estimate of drug-likeness (QED) is 0.611. The molecule has 4 nitrogen and oxygen atoms in total. The van der Waals surface area contributed by atoms with Crippen molar-refractivity contribution in [2.75, 3.05) is 5.84 Å². The first kappa shape index (κ1) is 8.04. The highest BCUT2D eigenvalue weighted by Gasteiger charge is 2.08. The Morgan fingerprint density at radius 3 is 2.62 bits per heavy atom. The topological polar surface area (TPSA) is 56.7 Å². The highest BCUT2D eigenvalue weighted by molar-refractivity contribution is 5.78. The predicted molar refractivity (Wildman–Crippen MR) is 51.9 cm³/mol. The van der Waals surface area contributed by atoms with Crippen molar-refractivity contribution in [1.29, 1.82) is 0 Å². The minimum absolute atomic E-state index is 0.811. The van der Waals surface area contributed by atoms with Crippen molar-refractivity contribution in [2.24, 2.45) is 0 Å². The third kappa shape index (κ3) is 1.06. The first-order chi connectivity index (χ1) is 6.09. The molecule has 2 N–H and O–H groups in total. The van der Waals surface area contributed by atoms with Crippen LogP contribution in [-0.4, -0.2) is 14.6 Å². The molecule has 13 heavy (non-hydrogen) atoms. The van der Waals surface area contributed by atoms with Crippen LogP contribution >= 0.6 is 0 Å². The monoisotopic (exact) mass is 176 g/mol. The van der Waals surface area contributed by atoms with Gasteiger partial charge in [0.15, 0.2) is 0 Å². The summed E-state index contributed by atoms with van der Waals surface area (Å²) in [6, 6.07) is 1.95. The summed E-state index contributed by atoms with van der Waals surface area (Å²) in [6.07, 6.45) is 0. The molecule has 0 aromatic carbocycles. The number of nitrogens with two attached hydrogens (primary N) is 1. The van der Waals surface area contributed by atoms with E-state index in [1.165, 1.54) is 0 Å². The Morgan fingerprint density at radius 2 is 1.92 bits per heavy atom.